The molecule has 7 heteroatoms. The number of ether oxygens (including phenoxy) is 1. The molecular formula is C16H24N4O2S. The molecule has 23 heavy (non-hydrogen) atoms. The van der Waals surface area contributed by atoms with Gasteiger partial charge in [-0.2, -0.15) is 0 Å². The third kappa shape index (κ3) is 3.61. The van der Waals surface area contributed by atoms with E-state index < -0.39 is 5.60 Å². The van der Waals surface area contributed by atoms with Crippen molar-refractivity contribution < 1.29 is 9.53 Å². The molecule has 1 aromatic heterocycles. The van der Waals surface area contributed by atoms with Crippen LogP contribution in [-0.2, 0) is 4.74 Å². The first-order valence-corrected chi connectivity index (χ1v) is 8.64. The smallest absolute Gasteiger partial charge is 0.410 e. The number of amides is 1. The van der Waals surface area contributed by atoms with Gasteiger partial charge >= 0.3 is 6.09 Å². The zero-order chi connectivity index (χ0) is 16.8. The van der Waals surface area contributed by atoms with Crippen LogP contribution in [0.2, 0.25) is 0 Å². The molecule has 1 aromatic rings. The van der Waals surface area contributed by atoms with Crippen molar-refractivity contribution >= 4 is 18.0 Å². The van der Waals surface area contributed by atoms with Gasteiger partial charge in [0.1, 0.15) is 10.6 Å². The van der Waals surface area contributed by atoms with Crippen LogP contribution in [-0.4, -0.2) is 57.0 Å². The minimum atomic E-state index is -0.428. The summed E-state index contributed by atoms with van der Waals surface area (Å²) in [4.78, 5) is 22.7. The molecule has 0 unspecified atom stereocenters. The summed E-state index contributed by atoms with van der Waals surface area (Å²) in [6.45, 7) is 13.2. The highest BCUT2D eigenvalue weighted by Crippen LogP contribution is 2.44. The number of hydrogen-bond acceptors (Lipinski definition) is 6. The predicted molar refractivity (Wildman–Crippen MR) is 89.2 cm³/mol. The van der Waals surface area contributed by atoms with Gasteiger partial charge in [-0.05, 0) is 46.6 Å². The van der Waals surface area contributed by atoms with Crippen LogP contribution in [0.4, 0.5) is 4.79 Å². The molecule has 6 nitrogen and oxygen atoms in total. The highest BCUT2D eigenvalue weighted by Gasteiger charge is 2.54. The van der Waals surface area contributed by atoms with Crippen molar-refractivity contribution in [2.24, 2.45) is 5.41 Å². The van der Waals surface area contributed by atoms with Crippen LogP contribution >= 0.6 is 11.9 Å². The Morgan fingerprint density at radius 3 is 2.48 bits per heavy atom. The summed E-state index contributed by atoms with van der Waals surface area (Å²) in [7, 11) is 0. The quantitative estimate of drug-likeness (QED) is 0.774. The summed E-state index contributed by atoms with van der Waals surface area (Å²) in [6.07, 6.45) is 1.60. The van der Waals surface area contributed by atoms with Gasteiger partial charge in [-0.3, -0.25) is 4.98 Å². The molecule has 3 rings (SSSR count). The van der Waals surface area contributed by atoms with E-state index in [0.717, 1.165) is 42.6 Å². The molecule has 0 atom stereocenters. The molecule has 0 N–H and O–H groups in total. The second-order valence-corrected chi connectivity index (χ2v) is 8.71. The number of nitrogens with zero attached hydrogens (tertiary/aromatic N) is 4. The van der Waals surface area contributed by atoms with Crippen molar-refractivity contribution in [2.45, 2.75) is 45.2 Å². The first-order chi connectivity index (χ1) is 10.7. The Morgan fingerprint density at radius 2 is 1.91 bits per heavy atom. The number of carbonyl (C=O) groups excluding carboxylic acids is 1. The molecule has 126 valence electrons. The zero-order valence-electron chi connectivity index (χ0n) is 14.4. The fourth-order valence-electron chi connectivity index (χ4n) is 2.98. The number of carbonyl (C=O) groups is 1. The van der Waals surface area contributed by atoms with E-state index in [9.17, 15) is 4.79 Å². The predicted octanol–water partition coefficient (Wildman–Crippen LogP) is 2.65. The van der Waals surface area contributed by atoms with Gasteiger partial charge in [-0.25, -0.2) is 14.1 Å². The first-order valence-electron chi connectivity index (χ1n) is 7.87. The van der Waals surface area contributed by atoms with Crippen LogP contribution in [0.15, 0.2) is 11.2 Å². The first kappa shape index (κ1) is 16.5. The van der Waals surface area contributed by atoms with E-state index in [-0.39, 0.29) is 11.5 Å². The highest BCUT2D eigenvalue weighted by molar-refractivity contribution is 7.97. The molecular weight excluding hydrogens is 312 g/mol. The molecule has 0 aromatic carbocycles. The lowest BCUT2D eigenvalue weighted by Gasteiger charge is -2.59. The van der Waals surface area contributed by atoms with E-state index >= 15 is 0 Å². The monoisotopic (exact) mass is 336 g/mol. The fraction of sp³-hybridized carbons (Fsp3) is 0.688. The van der Waals surface area contributed by atoms with E-state index in [2.05, 4.69) is 14.3 Å². The fourth-order valence-corrected chi connectivity index (χ4v) is 4.18. The van der Waals surface area contributed by atoms with Crippen LogP contribution in [0.5, 0.6) is 0 Å². The van der Waals surface area contributed by atoms with Crippen molar-refractivity contribution in [2.75, 3.05) is 26.2 Å². The normalized spacial score (nSPS) is 20.1. The van der Waals surface area contributed by atoms with Gasteiger partial charge in [-0.1, -0.05) is 0 Å². The number of likely N-dealkylation sites (tertiary alicyclic amines) is 1. The van der Waals surface area contributed by atoms with E-state index in [1.54, 1.807) is 23.0 Å². The maximum Gasteiger partial charge on any atom is 0.410 e. The number of aryl methyl sites for hydroxylation is 2. The topological polar surface area (TPSA) is 58.6 Å². The van der Waals surface area contributed by atoms with Crippen LogP contribution in [0.1, 0.15) is 32.2 Å². The van der Waals surface area contributed by atoms with Gasteiger partial charge in [0.15, 0.2) is 0 Å². The lowest BCUT2D eigenvalue weighted by Crippen LogP contribution is -2.71. The Hall–Kier alpha value is -1.34. The van der Waals surface area contributed by atoms with Gasteiger partial charge in [0.05, 0.1) is 11.4 Å². The van der Waals surface area contributed by atoms with E-state index in [0.29, 0.717) is 0 Å². The van der Waals surface area contributed by atoms with Crippen molar-refractivity contribution in [1.29, 1.82) is 0 Å². The maximum atomic E-state index is 12.0. The molecule has 2 saturated heterocycles. The van der Waals surface area contributed by atoms with Gasteiger partial charge < -0.3 is 9.64 Å². The summed E-state index contributed by atoms with van der Waals surface area (Å²) in [6, 6.07) is 0. The molecule has 1 spiro atoms. The number of rotatable bonds is 2. The number of hydrogen-bond donors (Lipinski definition) is 0. The standard InChI is InChI=1S/C16H24N4O2S/c1-11-6-17-13(12(2)18-11)23-20-9-16(10-20)7-19(8-16)14(21)22-15(3,4)5/h6H,7-10H2,1-5H3. The number of aromatic nitrogens is 2. The second kappa shape index (κ2) is 5.63. The van der Waals surface area contributed by atoms with E-state index in [1.165, 1.54) is 0 Å². The van der Waals surface area contributed by atoms with E-state index in [4.69, 9.17) is 4.74 Å². The van der Waals surface area contributed by atoms with Crippen molar-refractivity contribution in [3.8, 4) is 0 Å². The zero-order valence-corrected chi connectivity index (χ0v) is 15.2. The summed E-state index contributed by atoms with van der Waals surface area (Å²) < 4.78 is 7.69. The Bertz CT molecular complexity index is 615. The average molecular weight is 336 g/mol. The van der Waals surface area contributed by atoms with Gasteiger partial charge in [0.25, 0.3) is 0 Å². The van der Waals surface area contributed by atoms with Gasteiger partial charge in [-0.15, -0.1) is 0 Å². The third-order valence-corrected chi connectivity index (χ3v) is 5.06. The highest BCUT2D eigenvalue weighted by atomic mass is 32.2. The Kier molecular flexibility index (Phi) is 4.04. The molecule has 0 radical (unpaired) electrons. The van der Waals surface area contributed by atoms with Gasteiger partial charge in [0.2, 0.25) is 0 Å². The molecule has 0 aliphatic carbocycles. The maximum absolute atomic E-state index is 12.0. The molecule has 2 aliphatic heterocycles. The molecule has 2 fully saturated rings. The Balaban J connectivity index is 1.46. The lowest BCUT2D eigenvalue weighted by atomic mass is 9.75. The minimum Gasteiger partial charge on any atom is -0.444 e. The molecule has 0 bridgehead atoms. The molecule has 1 amide bonds. The Morgan fingerprint density at radius 1 is 1.26 bits per heavy atom. The SMILES string of the molecule is Cc1cnc(SN2CC3(C2)CN(C(=O)OC(C)(C)C)C3)c(C)n1. The summed E-state index contributed by atoms with van der Waals surface area (Å²) >= 11 is 1.66. The summed E-state index contributed by atoms with van der Waals surface area (Å²) in [5, 5.41) is 0.966. The summed E-state index contributed by atoms with van der Waals surface area (Å²) in [5.74, 6) is 0. The largest absolute Gasteiger partial charge is 0.444 e. The van der Waals surface area contributed by atoms with Crippen LogP contribution in [0, 0.1) is 19.3 Å². The van der Waals surface area contributed by atoms with Crippen LogP contribution in [0.3, 0.4) is 0 Å². The van der Waals surface area contributed by atoms with Crippen LogP contribution < -0.4 is 0 Å². The van der Waals surface area contributed by atoms with E-state index in [1.807, 2.05) is 34.6 Å². The van der Waals surface area contributed by atoms with Gasteiger partial charge in [0, 0.05) is 37.8 Å². The van der Waals surface area contributed by atoms with Crippen LogP contribution in [0.25, 0.3) is 0 Å². The molecule has 2 aliphatic rings. The lowest BCUT2D eigenvalue weighted by molar-refractivity contribution is -0.0812. The van der Waals surface area contributed by atoms with Crippen molar-refractivity contribution in [3.05, 3.63) is 17.6 Å². The second-order valence-electron chi connectivity index (χ2n) is 7.63. The minimum absolute atomic E-state index is 0.200. The Labute approximate surface area is 141 Å². The molecule has 0 saturated carbocycles. The van der Waals surface area contributed by atoms with Crippen molar-refractivity contribution in [1.82, 2.24) is 19.2 Å². The summed E-state index contributed by atoms with van der Waals surface area (Å²) in [5.41, 5.74) is 1.73. The third-order valence-electron chi connectivity index (χ3n) is 3.97. The molecule has 3 heterocycles. The van der Waals surface area contributed by atoms with Crippen molar-refractivity contribution in [3.63, 3.8) is 0 Å². The average Bonchev–Trinajstić information content (AvgIpc) is 2.30.